The van der Waals surface area contributed by atoms with E-state index < -0.39 is 0 Å². The number of amides is 1. The number of carbonyl (C=O) groups excluding carboxylic acids is 1. The van der Waals surface area contributed by atoms with Gasteiger partial charge < -0.3 is 4.90 Å². The number of aromatic nitrogens is 3. The highest BCUT2D eigenvalue weighted by Crippen LogP contribution is 2.26. The molecule has 1 amide bonds. The van der Waals surface area contributed by atoms with Crippen LogP contribution in [0.3, 0.4) is 0 Å². The van der Waals surface area contributed by atoms with Crippen LogP contribution in [0.4, 0.5) is 0 Å². The molecule has 0 spiro atoms. The monoisotopic (exact) mass is 290 g/mol. The van der Waals surface area contributed by atoms with Crippen LogP contribution in [0.15, 0.2) is 12.4 Å². The fourth-order valence-electron chi connectivity index (χ4n) is 1.77. The minimum Gasteiger partial charge on any atom is -0.341 e. The summed E-state index contributed by atoms with van der Waals surface area (Å²) in [5.41, 5.74) is 2.59. The molecule has 0 unspecified atom stereocenters. The van der Waals surface area contributed by atoms with Gasteiger partial charge in [-0.2, -0.15) is 0 Å². The quantitative estimate of drug-likeness (QED) is 0.868. The van der Waals surface area contributed by atoms with Gasteiger partial charge in [0.15, 0.2) is 0 Å². The lowest BCUT2D eigenvalue weighted by molar-refractivity contribution is 0.0807. The minimum absolute atomic E-state index is 0.00521. The molecular formula is C14H18N4OS. The van der Waals surface area contributed by atoms with Gasteiger partial charge in [-0.3, -0.25) is 9.78 Å². The summed E-state index contributed by atoms with van der Waals surface area (Å²) < 4.78 is 0. The molecule has 0 atom stereocenters. The topological polar surface area (TPSA) is 59.0 Å². The summed E-state index contributed by atoms with van der Waals surface area (Å²) in [6.45, 7) is 6.58. The van der Waals surface area contributed by atoms with Crippen LogP contribution in [0.2, 0.25) is 0 Å². The summed E-state index contributed by atoms with van der Waals surface area (Å²) in [4.78, 5) is 27.6. The molecule has 6 heteroatoms. The van der Waals surface area contributed by atoms with Crippen molar-refractivity contribution in [2.75, 3.05) is 13.6 Å². The smallest absolute Gasteiger partial charge is 0.265 e. The Morgan fingerprint density at radius 3 is 2.70 bits per heavy atom. The van der Waals surface area contributed by atoms with E-state index in [1.807, 2.05) is 20.8 Å². The van der Waals surface area contributed by atoms with Gasteiger partial charge in [-0.1, -0.05) is 6.92 Å². The molecule has 0 saturated heterocycles. The van der Waals surface area contributed by atoms with Gasteiger partial charge in [0, 0.05) is 19.8 Å². The van der Waals surface area contributed by atoms with E-state index in [0.29, 0.717) is 11.4 Å². The first-order valence-corrected chi connectivity index (χ1v) is 7.42. The maximum absolute atomic E-state index is 12.1. The predicted octanol–water partition coefficient (Wildman–Crippen LogP) is 2.56. The molecule has 0 aliphatic rings. The second-order valence-corrected chi connectivity index (χ2v) is 5.54. The molecule has 2 rings (SSSR count). The molecule has 0 aromatic carbocycles. The van der Waals surface area contributed by atoms with Crippen molar-refractivity contribution in [2.24, 2.45) is 0 Å². The van der Waals surface area contributed by atoms with Crippen LogP contribution < -0.4 is 0 Å². The molecule has 0 radical (unpaired) electrons. The van der Waals surface area contributed by atoms with Crippen LogP contribution in [-0.2, 0) is 6.42 Å². The Hall–Kier alpha value is -1.82. The molecule has 0 bridgehead atoms. The van der Waals surface area contributed by atoms with E-state index >= 15 is 0 Å². The molecule has 2 aromatic rings. The molecule has 0 saturated carbocycles. The molecule has 5 nitrogen and oxygen atoms in total. The van der Waals surface area contributed by atoms with E-state index in [1.54, 1.807) is 24.3 Å². The van der Waals surface area contributed by atoms with E-state index in [2.05, 4.69) is 15.0 Å². The fraction of sp³-hybridized carbons (Fsp3) is 0.429. The van der Waals surface area contributed by atoms with Gasteiger partial charge in [0.1, 0.15) is 15.6 Å². The van der Waals surface area contributed by atoms with Gasteiger partial charge in [0.05, 0.1) is 17.6 Å². The standard InChI is InChI=1S/C14H18N4OS/c1-5-10-12(15-7-9(3)17-10)13-16-8-11(20-13)14(19)18(4)6-2/h7-8H,5-6H2,1-4H3. The maximum Gasteiger partial charge on any atom is 0.265 e. The zero-order valence-electron chi connectivity index (χ0n) is 12.2. The third-order valence-electron chi connectivity index (χ3n) is 3.04. The summed E-state index contributed by atoms with van der Waals surface area (Å²) in [6, 6.07) is 0. The molecule has 106 valence electrons. The highest BCUT2D eigenvalue weighted by atomic mass is 32.1. The SMILES string of the molecule is CCc1nc(C)cnc1-c1ncc(C(=O)N(C)CC)s1. The molecular weight excluding hydrogens is 272 g/mol. The molecule has 2 aromatic heterocycles. The fourth-order valence-corrected chi connectivity index (χ4v) is 2.70. The normalized spacial score (nSPS) is 10.6. The van der Waals surface area contributed by atoms with Crippen LogP contribution in [-0.4, -0.2) is 39.4 Å². The van der Waals surface area contributed by atoms with Gasteiger partial charge in [-0.15, -0.1) is 11.3 Å². The third kappa shape index (κ3) is 2.85. The maximum atomic E-state index is 12.1. The lowest BCUT2D eigenvalue weighted by Crippen LogP contribution is -2.25. The van der Waals surface area contributed by atoms with E-state index in [0.717, 1.165) is 28.5 Å². The second-order valence-electron chi connectivity index (χ2n) is 4.51. The van der Waals surface area contributed by atoms with Gasteiger partial charge in [0.25, 0.3) is 5.91 Å². The van der Waals surface area contributed by atoms with Crippen LogP contribution in [0.5, 0.6) is 0 Å². The molecule has 0 aliphatic heterocycles. The highest BCUT2D eigenvalue weighted by Gasteiger charge is 2.17. The molecule has 0 fully saturated rings. The summed E-state index contributed by atoms with van der Waals surface area (Å²) in [6.07, 6.45) is 4.15. The number of hydrogen-bond donors (Lipinski definition) is 0. The summed E-state index contributed by atoms with van der Waals surface area (Å²) in [7, 11) is 1.78. The van der Waals surface area contributed by atoms with Crippen LogP contribution in [0.1, 0.15) is 34.9 Å². The van der Waals surface area contributed by atoms with Crippen molar-refractivity contribution >= 4 is 17.2 Å². The predicted molar refractivity (Wildman–Crippen MR) is 79.9 cm³/mol. The Kier molecular flexibility index (Phi) is 4.44. The zero-order valence-corrected chi connectivity index (χ0v) is 13.0. The Labute approximate surface area is 122 Å². The van der Waals surface area contributed by atoms with Crippen molar-refractivity contribution < 1.29 is 4.79 Å². The first-order chi connectivity index (χ1) is 9.56. The van der Waals surface area contributed by atoms with Crippen molar-refractivity contribution in [3.63, 3.8) is 0 Å². The lowest BCUT2D eigenvalue weighted by atomic mass is 10.2. The van der Waals surface area contributed by atoms with E-state index in [9.17, 15) is 4.79 Å². The number of nitrogens with zero attached hydrogens (tertiary/aromatic N) is 4. The number of rotatable bonds is 4. The largest absolute Gasteiger partial charge is 0.341 e. The van der Waals surface area contributed by atoms with Crippen LogP contribution in [0.25, 0.3) is 10.7 Å². The Balaban J connectivity index is 2.36. The molecule has 0 aliphatic carbocycles. The first kappa shape index (κ1) is 14.6. The average Bonchev–Trinajstić information content (AvgIpc) is 2.94. The zero-order chi connectivity index (χ0) is 14.7. The third-order valence-corrected chi connectivity index (χ3v) is 4.03. The Morgan fingerprint density at radius 1 is 1.30 bits per heavy atom. The summed E-state index contributed by atoms with van der Waals surface area (Å²) in [5, 5.41) is 0.752. The molecule has 0 N–H and O–H groups in total. The second kappa shape index (κ2) is 6.09. The van der Waals surface area contributed by atoms with Crippen molar-refractivity contribution in [2.45, 2.75) is 27.2 Å². The number of thiazole rings is 1. The van der Waals surface area contributed by atoms with Gasteiger partial charge >= 0.3 is 0 Å². The Bertz CT molecular complexity index is 623. The summed E-state index contributed by atoms with van der Waals surface area (Å²) >= 11 is 1.37. The molecule has 2 heterocycles. The number of carbonyl (C=O) groups is 1. The van der Waals surface area contributed by atoms with Gasteiger partial charge in [-0.05, 0) is 20.3 Å². The lowest BCUT2D eigenvalue weighted by Gasteiger charge is -2.11. The van der Waals surface area contributed by atoms with E-state index in [1.165, 1.54) is 11.3 Å². The van der Waals surface area contributed by atoms with Crippen LogP contribution in [0, 0.1) is 6.92 Å². The van der Waals surface area contributed by atoms with Gasteiger partial charge in [-0.25, -0.2) is 9.97 Å². The van der Waals surface area contributed by atoms with Crippen molar-refractivity contribution in [3.05, 3.63) is 28.7 Å². The first-order valence-electron chi connectivity index (χ1n) is 6.61. The number of aryl methyl sites for hydroxylation is 2. The van der Waals surface area contributed by atoms with Gasteiger partial charge in [0.2, 0.25) is 0 Å². The number of hydrogen-bond acceptors (Lipinski definition) is 5. The van der Waals surface area contributed by atoms with Crippen molar-refractivity contribution in [1.82, 2.24) is 19.9 Å². The average molecular weight is 290 g/mol. The Morgan fingerprint density at radius 2 is 2.05 bits per heavy atom. The molecule has 20 heavy (non-hydrogen) atoms. The minimum atomic E-state index is -0.00521. The highest BCUT2D eigenvalue weighted by molar-refractivity contribution is 7.16. The summed E-state index contributed by atoms with van der Waals surface area (Å²) in [5.74, 6) is -0.00521. The van der Waals surface area contributed by atoms with Crippen molar-refractivity contribution in [1.29, 1.82) is 0 Å². The van der Waals surface area contributed by atoms with E-state index in [4.69, 9.17) is 0 Å². The van der Waals surface area contributed by atoms with E-state index in [-0.39, 0.29) is 5.91 Å². The van der Waals surface area contributed by atoms with Crippen molar-refractivity contribution in [3.8, 4) is 10.7 Å². The van der Waals surface area contributed by atoms with Crippen LogP contribution >= 0.6 is 11.3 Å².